The van der Waals surface area contributed by atoms with Crippen LogP contribution < -0.4 is 5.73 Å². The molecule has 2 N–H and O–H groups in total. The summed E-state index contributed by atoms with van der Waals surface area (Å²) in [5.74, 6) is 0. The lowest BCUT2D eigenvalue weighted by Crippen LogP contribution is -2.41. The second kappa shape index (κ2) is 5.85. The van der Waals surface area contributed by atoms with Crippen LogP contribution in [0.4, 0.5) is 0 Å². The molecule has 0 bridgehead atoms. The second-order valence-electron chi connectivity index (χ2n) is 5.37. The predicted molar refractivity (Wildman–Crippen MR) is 77.9 cm³/mol. The average molecular weight is 249 g/mol. The van der Waals surface area contributed by atoms with Crippen LogP contribution in [0, 0.1) is 20.8 Å². The van der Waals surface area contributed by atoms with Gasteiger partial charge in [-0.15, -0.1) is 0 Å². The van der Waals surface area contributed by atoms with Crippen molar-refractivity contribution in [2.75, 3.05) is 6.61 Å². The summed E-state index contributed by atoms with van der Waals surface area (Å²) in [6.07, 6.45) is 0.911. The van der Waals surface area contributed by atoms with Crippen molar-refractivity contribution >= 4 is 0 Å². The molecule has 0 saturated heterocycles. The highest BCUT2D eigenvalue weighted by Gasteiger charge is 2.32. The van der Waals surface area contributed by atoms with E-state index in [1.165, 1.54) is 22.3 Å². The lowest BCUT2D eigenvalue weighted by Gasteiger charge is -2.35. The third kappa shape index (κ3) is 2.93. The van der Waals surface area contributed by atoms with Crippen LogP contribution in [0.5, 0.6) is 0 Å². The smallest absolute Gasteiger partial charge is 0.0843 e. The monoisotopic (exact) mass is 249 g/mol. The molecule has 2 atom stereocenters. The second-order valence-corrected chi connectivity index (χ2v) is 5.37. The molecule has 1 aromatic carbocycles. The van der Waals surface area contributed by atoms with E-state index in [9.17, 15) is 0 Å². The molecule has 102 valence electrons. The van der Waals surface area contributed by atoms with Gasteiger partial charge in [-0.25, -0.2) is 0 Å². The standard InChI is InChI=1S/C16H27NO/c1-7-16(6,18-8-2)15(17)14-10-12(4)11(3)9-13(14)5/h9-10,15H,7-8,17H2,1-6H3. The van der Waals surface area contributed by atoms with Crippen LogP contribution in [0.15, 0.2) is 12.1 Å². The molecule has 0 spiro atoms. The van der Waals surface area contributed by atoms with Gasteiger partial charge in [-0.3, -0.25) is 0 Å². The number of ether oxygens (including phenoxy) is 1. The first-order valence-corrected chi connectivity index (χ1v) is 6.83. The van der Waals surface area contributed by atoms with Crippen molar-refractivity contribution in [2.24, 2.45) is 5.73 Å². The molecule has 0 heterocycles. The summed E-state index contributed by atoms with van der Waals surface area (Å²) in [6, 6.07) is 4.34. The van der Waals surface area contributed by atoms with E-state index in [0.29, 0.717) is 6.61 Å². The Morgan fingerprint density at radius 3 is 2.17 bits per heavy atom. The van der Waals surface area contributed by atoms with Crippen LogP contribution in [-0.4, -0.2) is 12.2 Å². The zero-order valence-corrected chi connectivity index (χ0v) is 12.6. The Labute approximate surface area is 112 Å². The normalized spacial score (nSPS) is 16.4. The molecular formula is C16H27NO. The van der Waals surface area contributed by atoms with Crippen molar-refractivity contribution < 1.29 is 4.74 Å². The van der Waals surface area contributed by atoms with Crippen LogP contribution >= 0.6 is 0 Å². The first kappa shape index (κ1) is 15.2. The first-order chi connectivity index (χ1) is 8.35. The van der Waals surface area contributed by atoms with Gasteiger partial charge in [-0.2, -0.15) is 0 Å². The minimum absolute atomic E-state index is 0.0817. The van der Waals surface area contributed by atoms with Crippen LogP contribution in [-0.2, 0) is 4.74 Å². The Hall–Kier alpha value is -0.860. The van der Waals surface area contributed by atoms with Gasteiger partial charge in [0.05, 0.1) is 11.6 Å². The highest BCUT2D eigenvalue weighted by molar-refractivity contribution is 5.39. The number of hydrogen-bond acceptors (Lipinski definition) is 2. The Kier molecular flexibility index (Phi) is 4.94. The number of rotatable bonds is 5. The average Bonchev–Trinajstić information content (AvgIpc) is 2.33. The van der Waals surface area contributed by atoms with Crippen LogP contribution in [0.3, 0.4) is 0 Å². The van der Waals surface area contributed by atoms with E-state index in [2.05, 4.69) is 46.8 Å². The van der Waals surface area contributed by atoms with E-state index < -0.39 is 0 Å². The van der Waals surface area contributed by atoms with Gasteiger partial charge in [0.25, 0.3) is 0 Å². The van der Waals surface area contributed by atoms with Crippen molar-refractivity contribution in [1.82, 2.24) is 0 Å². The molecule has 0 aromatic heterocycles. The van der Waals surface area contributed by atoms with Gasteiger partial charge in [-0.05, 0) is 63.3 Å². The van der Waals surface area contributed by atoms with E-state index in [1.807, 2.05) is 6.92 Å². The zero-order valence-electron chi connectivity index (χ0n) is 12.6. The van der Waals surface area contributed by atoms with Gasteiger partial charge >= 0.3 is 0 Å². The molecule has 18 heavy (non-hydrogen) atoms. The molecule has 1 rings (SSSR count). The number of nitrogens with two attached hydrogens (primary N) is 1. The molecule has 2 unspecified atom stereocenters. The topological polar surface area (TPSA) is 35.2 Å². The first-order valence-electron chi connectivity index (χ1n) is 6.83. The maximum atomic E-state index is 6.46. The van der Waals surface area contributed by atoms with E-state index >= 15 is 0 Å². The molecule has 0 radical (unpaired) electrons. The molecule has 2 nitrogen and oxygen atoms in total. The lowest BCUT2D eigenvalue weighted by atomic mass is 9.85. The van der Waals surface area contributed by atoms with Crippen molar-refractivity contribution in [3.63, 3.8) is 0 Å². The maximum absolute atomic E-state index is 6.46. The fourth-order valence-electron chi connectivity index (χ4n) is 2.39. The largest absolute Gasteiger partial charge is 0.374 e. The predicted octanol–water partition coefficient (Wildman–Crippen LogP) is 3.82. The Bertz CT molecular complexity index is 414. The third-order valence-electron chi connectivity index (χ3n) is 4.05. The van der Waals surface area contributed by atoms with E-state index in [4.69, 9.17) is 10.5 Å². The summed E-state index contributed by atoms with van der Waals surface area (Å²) in [4.78, 5) is 0. The van der Waals surface area contributed by atoms with E-state index in [-0.39, 0.29) is 11.6 Å². The van der Waals surface area contributed by atoms with Crippen molar-refractivity contribution in [3.8, 4) is 0 Å². The summed E-state index contributed by atoms with van der Waals surface area (Å²) >= 11 is 0. The van der Waals surface area contributed by atoms with Crippen LogP contribution in [0.2, 0.25) is 0 Å². The molecule has 2 heteroatoms. The highest BCUT2D eigenvalue weighted by atomic mass is 16.5. The number of benzene rings is 1. The molecular weight excluding hydrogens is 222 g/mol. The van der Waals surface area contributed by atoms with Gasteiger partial charge in [0.1, 0.15) is 0 Å². The lowest BCUT2D eigenvalue weighted by molar-refractivity contribution is -0.0473. The number of hydrogen-bond donors (Lipinski definition) is 1. The fourth-order valence-corrected chi connectivity index (χ4v) is 2.39. The van der Waals surface area contributed by atoms with Crippen molar-refractivity contribution in [1.29, 1.82) is 0 Å². The van der Waals surface area contributed by atoms with Gasteiger partial charge in [0.2, 0.25) is 0 Å². The fraction of sp³-hybridized carbons (Fsp3) is 0.625. The Balaban J connectivity index is 3.16. The summed E-state index contributed by atoms with van der Waals surface area (Å²) in [5, 5.41) is 0. The Morgan fingerprint density at radius 1 is 1.11 bits per heavy atom. The SMILES string of the molecule is CCOC(C)(CC)C(N)c1cc(C)c(C)cc1C. The highest BCUT2D eigenvalue weighted by Crippen LogP contribution is 2.32. The van der Waals surface area contributed by atoms with E-state index in [0.717, 1.165) is 6.42 Å². The molecule has 1 aromatic rings. The Morgan fingerprint density at radius 2 is 1.67 bits per heavy atom. The summed E-state index contributed by atoms with van der Waals surface area (Å²) in [5.41, 5.74) is 11.2. The molecule has 0 aliphatic heterocycles. The van der Waals surface area contributed by atoms with Crippen LogP contribution in [0.25, 0.3) is 0 Å². The van der Waals surface area contributed by atoms with Crippen molar-refractivity contribution in [2.45, 2.75) is 59.6 Å². The minimum Gasteiger partial charge on any atom is -0.374 e. The third-order valence-corrected chi connectivity index (χ3v) is 4.05. The summed E-state index contributed by atoms with van der Waals surface area (Å²) < 4.78 is 5.89. The molecule has 0 fully saturated rings. The molecule has 0 aliphatic rings. The van der Waals surface area contributed by atoms with Gasteiger partial charge in [-0.1, -0.05) is 19.1 Å². The molecule has 0 amide bonds. The van der Waals surface area contributed by atoms with Gasteiger partial charge in [0, 0.05) is 6.61 Å². The quantitative estimate of drug-likeness (QED) is 0.861. The van der Waals surface area contributed by atoms with Crippen molar-refractivity contribution in [3.05, 3.63) is 34.4 Å². The minimum atomic E-state index is -0.290. The zero-order chi connectivity index (χ0) is 13.9. The van der Waals surface area contributed by atoms with E-state index in [1.54, 1.807) is 0 Å². The van der Waals surface area contributed by atoms with Crippen LogP contribution in [0.1, 0.15) is 55.5 Å². The maximum Gasteiger partial charge on any atom is 0.0843 e. The molecule has 0 aliphatic carbocycles. The molecule has 0 saturated carbocycles. The van der Waals surface area contributed by atoms with Gasteiger partial charge in [0.15, 0.2) is 0 Å². The summed E-state index contributed by atoms with van der Waals surface area (Å²) in [7, 11) is 0. The van der Waals surface area contributed by atoms with Gasteiger partial charge < -0.3 is 10.5 Å². The summed E-state index contributed by atoms with van der Waals surface area (Å²) in [6.45, 7) is 13.4. The number of aryl methyl sites for hydroxylation is 3.